The van der Waals surface area contributed by atoms with Crippen molar-refractivity contribution in [1.82, 2.24) is 14.9 Å². The molecule has 1 N–H and O–H groups in total. The zero-order valence-corrected chi connectivity index (χ0v) is 18.6. The SMILES string of the molecule is Cc1ccc(Nc2cc(N3CCN(C(=O)c4ccc(C)cc4C)CC3)nc(C)n2)cc1. The lowest BCUT2D eigenvalue weighted by molar-refractivity contribution is 0.0745. The number of nitrogens with one attached hydrogen (secondary N) is 1. The molecule has 160 valence electrons. The number of piperazine rings is 1. The molecule has 0 saturated carbocycles. The molecule has 6 nitrogen and oxygen atoms in total. The van der Waals surface area contributed by atoms with Gasteiger partial charge in [0, 0.05) is 43.5 Å². The van der Waals surface area contributed by atoms with E-state index in [0.29, 0.717) is 13.1 Å². The lowest BCUT2D eigenvalue weighted by atomic mass is 10.0. The summed E-state index contributed by atoms with van der Waals surface area (Å²) in [7, 11) is 0. The van der Waals surface area contributed by atoms with Crippen LogP contribution in [0.1, 0.15) is 32.9 Å². The normalized spacial score (nSPS) is 13.9. The third-order valence-corrected chi connectivity index (χ3v) is 5.65. The Balaban J connectivity index is 1.44. The zero-order valence-electron chi connectivity index (χ0n) is 18.6. The second-order valence-electron chi connectivity index (χ2n) is 8.25. The molecule has 0 aliphatic carbocycles. The van der Waals surface area contributed by atoms with Gasteiger partial charge in [0.2, 0.25) is 0 Å². The summed E-state index contributed by atoms with van der Waals surface area (Å²) in [6.07, 6.45) is 0. The molecule has 1 fully saturated rings. The van der Waals surface area contributed by atoms with Gasteiger partial charge in [0.1, 0.15) is 17.5 Å². The molecule has 2 aromatic carbocycles. The smallest absolute Gasteiger partial charge is 0.254 e. The quantitative estimate of drug-likeness (QED) is 0.684. The Morgan fingerprint density at radius 3 is 2.19 bits per heavy atom. The third kappa shape index (κ3) is 4.85. The molecule has 31 heavy (non-hydrogen) atoms. The molecular formula is C25H29N5O. The molecule has 2 heterocycles. The summed E-state index contributed by atoms with van der Waals surface area (Å²) < 4.78 is 0. The Hall–Kier alpha value is -3.41. The van der Waals surface area contributed by atoms with E-state index >= 15 is 0 Å². The van der Waals surface area contributed by atoms with Gasteiger partial charge in [-0.15, -0.1) is 0 Å². The molecule has 1 aromatic heterocycles. The lowest BCUT2D eigenvalue weighted by Crippen LogP contribution is -2.49. The molecule has 0 spiro atoms. The van der Waals surface area contributed by atoms with Crippen molar-refractivity contribution in [2.45, 2.75) is 27.7 Å². The predicted octanol–water partition coefficient (Wildman–Crippen LogP) is 4.42. The minimum absolute atomic E-state index is 0.109. The van der Waals surface area contributed by atoms with Gasteiger partial charge in [-0.1, -0.05) is 35.4 Å². The van der Waals surface area contributed by atoms with Gasteiger partial charge in [0.05, 0.1) is 0 Å². The first-order valence-electron chi connectivity index (χ1n) is 10.7. The number of nitrogens with zero attached hydrogens (tertiary/aromatic N) is 4. The number of aryl methyl sites for hydroxylation is 4. The average molecular weight is 416 g/mol. The summed E-state index contributed by atoms with van der Waals surface area (Å²) in [6, 6.07) is 16.2. The molecule has 1 aliphatic heterocycles. The number of hydrogen-bond acceptors (Lipinski definition) is 5. The van der Waals surface area contributed by atoms with Crippen LogP contribution in [0.5, 0.6) is 0 Å². The average Bonchev–Trinajstić information content (AvgIpc) is 2.75. The lowest BCUT2D eigenvalue weighted by Gasteiger charge is -2.35. The maximum Gasteiger partial charge on any atom is 0.254 e. The first kappa shape index (κ1) is 20.8. The molecule has 0 unspecified atom stereocenters. The van der Waals surface area contributed by atoms with Crippen LogP contribution in [0.2, 0.25) is 0 Å². The van der Waals surface area contributed by atoms with Crippen molar-refractivity contribution in [2.24, 2.45) is 0 Å². The Kier molecular flexibility index (Phi) is 5.89. The van der Waals surface area contributed by atoms with E-state index in [4.69, 9.17) is 0 Å². The summed E-state index contributed by atoms with van der Waals surface area (Å²) in [5.41, 5.74) is 5.22. The van der Waals surface area contributed by atoms with Crippen LogP contribution in [-0.4, -0.2) is 47.0 Å². The van der Waals surface area contributed by atoms with Crippen LogP contribution in [-0.2, 0) is 0 Å². The molecule has 1 amide bonds. The van der Waals surface area contributed by atoms with E-state index in [9.17, 15) is 4.79 Å². The fourth-order valence-electron chi connectivity index (χ4n) is 3.93. The Labute approximate surface area is 183 Å². The van der Waals surface area contributed by atoms with Crippen LogP contribution in [0.15, 0.2) is 48.5 Å². The Bertz CT molecular complexity index is 1090. The van der Waals surface area contributed by atoms with E-state index in [-0.39, 0.29) is 5.91 Å². The second-order valence-corrected chi connectivity index (χ2v) is 8.25. The molecule has 1 aliphatic rings. The van der Waals surface area contributed by atoms with Crippen molar-refractivity contribution in [3.05, 3.63) is 76.6 Å². The first-order valence-corrected chi connectivity index (χ1v) is 10.7. The van der Waals surface area contributed by atoms with E-state index in [1.165, 1.54) is 11.1 Å². The van der Waals surface area contributed by atoms with E-state index in [1.807, 2.05) is 56.0 Å². The number of carbonyl (C=O) groups is 1. The highest BCUT2D eigenvalue weighted by Crippen LogP contribution is 2.22. The minimum atomic E-state index is 0.109. The topological polar surface area (TPSA) is 61.4 Å². The maximum atomic E-state index is 13.0. The van der Waals surface area contributed by atoms with Gasteiger partial charge < -0.3 is 15.1 Å². The zero-order chi connectivity index (χ0) is 22.0. The first-order chi connectivity index (χ1) is 14.9. The standard InChI is InChI=1S/C25H29N5O/c1-17-5-8-21(9-6-17)28-23-16-24(27-20(4)26-23)29-11-13-30(14-12-29)25(31)22-10-7-18(2)15-19(22)3/h5-10,15-16H,11-14H2,1-4H3,(H,26,27,28). The molecule has 0 radical (unpaired) electrons. The van der Waals surface area contributed by atoms with Crippen LogP contribution in [0.4, 0.5) is 17.3 Å². The van der Waals surface area contributed by atoms with Crippen LogP contribution >= 0.6 is 0 Å². The summed E-state index contributed by atoms with van der Waals surface area (Å²) in [6.45, 7) is 10.9. The molecule has 0 atom stereocenters. The van der Waals surface area contributed by atoms with Crippen molar-refractivity contribution in [3.63, 3.8) is 0 Å². The van der Waals surface area contributed by atoms with Gasteiger partial charge in [0.25, 0.3) is 5.91 Å². The fourth-order valence-corrected chi connectivity index (χ4v) is 3.93. The Morgan fingerprint density at radius 2 is 1.52 bits per heavy atom. The highest BCUT2D eigenvalue weighted by Gasteiger charge is 2.24. The molecule has 4 rings (SSSR count). The molecule has 3 aromatic rings. The van der Waals surface area contributed by atoms with E-state index in [2.05, 4.69) is 45.3 Å². The number of aromatic nitrogens is 2. The number of carbonyl (C=O) groups excluding carboxylic acids is 1. The summed E-state index contributed by atoms with van der Waals surface area (Å²) in [4.78, 5) is 26.3. The minimum Gasteiger partial charge on any atom is -0.353 e. The second kappa shape index (κ2) is 8.76. The molecule has 1 saturated heterocycles. The highest BCUT2D eigenvalue weighted by molar-refractivity contribution is 5.95. The number of benzene rings is 2. The van der Waals surface area contributed by atoms with Crippen molar-refractivity contribution in [3.8, 4) is 0 Å². The van der Waals surface area contributed by atoms with Gasteiger partial charge in [0.15, 0.2) is 0 Å². The largest absolute Gasteiger partial charge is 0.353 e. The van der Waals surface area contributed by atoms with Gasteiger partial charge in [-0.2, -0.15) is 0 Å². The van der Waals surface area contributed by atoms with Crippen LogP contribution < -0.4 is 10.2 Å². The van der Waals surface area contributed by atoms with Crippen LogP contribution in [0.3, 0.4) is 0 Å². The number of anilines is 3. The van der Waals surface area contributed by atoms with Crippen molar-refractivity contribution in [2.75, 3.05) is 36.4 Å². The predicted molar refractivity (Wildman–Crippen MR) is 125 cm³/mol. The van der Waals surface area contributed by atoms with E-state index in [1.54, 1.807) is 0 Å². The van der Waals surface area contributed by atoms with Crippen molar-refractivity contribution in [1.29, 1.82) is 0 Å². The number of amides is 1. The molecular weight excluding hydrogens is 386 g/mol. The highest BCUT2D eigenvalue weighted by atomic mass is 16.2. The maximum absolute atomic E-state index is 13.0. The van der Waals surface area contributed by atoms with Crippen LogP contribution in [0, 0.1) is 27.7 Å². The molecule has 0 bridgehead atoms. The van der Waals surface area contributed by atoms with Gasteiger partial charge in [-0.25, -0.2) is 9.97 Å². The third-order valence-electron chi connectivity index (χ3n) is 5.65. The summed E-state index contributed by atoms with van der Waals surface area (Å²) in [5, 5.41) is 3.37. The summed E-state index contributed by atoms with van der Waals surface area (Å²) >= 11 is 0. The number of rotatable bonds is 4. The van der Waals surface area contributed by atoms with Crippen molar-refractivity contribution < 1.29 is 4.79 Å². The van der Waals surface area contributed by atoms with E-state index < -0.39 is 0 Å². The Morgan fingerprint density at radius 1 is 0.839 bits per heavy atom. The molecule has 6 heteroatoms. The number of hydrogen-bond donors (Lipinski definition) is 1. The van der Waals surface area contributed by atoms with E-state index in [0.717, 1.165) is 47.4 Å². The fraction of sp³-hybridized carbons (Fsp3) is 0.320. The monoisotopic (exact) mass is 415 g/mol. The van der Waals surface area contributed by atoms with Crippen LogP contribution in [0.25, 0.3) is 0 Å². The van der Waals surface area contributed by atoms with Crippen molar-refractivity contribution >= 4 is 23.2 Å². The van der Waals surface area contributed by atoms with Gasteiger partial charge in [-0.3, -0.25) is 4.79 Å². The summed E-state index contributed by atoms with van der Waals surface area (Å²) in [5.74, 6) is 2.50. The van der Waals surface area contributed by atoms with Gasteiger partial charge >= 0.3 is 0 Å². The van der Waals surface area contributed by atoms with Gasteiger partial charge in [-0.05, 0) is 51.5 Å².